The van der Waals surface area contributed by atoms with E-state index >= 15 is 4.39 Å². The van der Waals surface area contributed by atoms with Gasteiger partial charge in [0.25, 0.3) is 5.92 Å². The zero-order valence-corrected chi connectivity index (χ0v) is 25.5. The van der Waals surface area contributed by atoms with E-state index in [1.807, 2.05) is 13.0 Å². The Bertz CT molecular complexity index is 1960. The van der Waals surface area contributed by atoms with Crippen molar-refractivity contribution in [1.82, 2.24) is 24.3 Å². The van der Waals surface area contributed by atoms with Gasteiger partial charge >= 0.3 is 0 Å². The maximum Gasteiger partial charge on any atom is 0.278 e. The van der Waals surface area contributed by atoms with Gasteiger partial charge in [-0.3, -0.25) is 14.6 Å². The van der Waals surface area contributed by atoms with Crippen molar-refractivity contribution in [1.29, 1.82) is 0 Å². The third-order valence-electron chi connectivity index (χ3n) is 8.04. The molecule has 0 amide bonds. The van der Waals surface area contributed by atoms with Gasteiger partial charge in [-0.2, -0.15) is 5.10 Å². The average molecular weight is 628 g/mol. The van der Waals surface area contributed by atoms with Crippen molar-refractivity contribution < 1.29 is 31.1 Å². The van der Waals surface area contributed by atoms with Crippen molar-refractivity contribution in [2.75, 3.05) is 26.1 Å². The summed E-state index contributed by atoms with van der Waals surface area (Å²) >= 11 is 0. The molecule has 0 N–H and O–H groups in total. The molecule has 13 heteroatoms. The van der Waals surface area contributed by atoms with E-state index in [0.717, 1.165) is 24.4 Å². The molecule has 1 atom stereocenters. The molecule has 0 bridgehead atoms. The molecule has 6 rings (SSSR count). The highest BCUT2D eigenvalue weighted by Crippen LogP contribution is 2.46. The van der Waals surface area contributed by atoms with E-state index in [2.05, 4.69) is 10.1 Å². The van der Waals surface area contributed by atoms with E-state index in [4.69, 9.17) is 14.5 Å². The molecule has 4 aromatic heterocycles. The van der Waals surface area contributed by atoms with Crippen molar-refractivity contribution in [3.05, 3.63) is 66.0 Å². The minimum absolute atomic E-state index is 0.0434. The SMILES string of the molecule is Cc1cnn(C)c1-c1cnc2c3c(OCC(C)(F)F)ccc(S(C)(=O)=O)c3n(C(c3ncccc3F)C3CCOCC3)c2c1. The Balaban J connectivity index is 1.78. The summed E-state index contributed by atoms with van der Waals surface area (Å²) in [5.74, 6) is -3.86. The Morgan fingerprint density at radius 3 is 2.55 bits per heavy atom. The van der Waals surface area contributed by atoms with E-state index in [-0.39, 0.29) is 33.2 Å². The molecule has 5 aromatic rings. The van der Waals surface area contributed by atoms with Crippen LogP contribution in [0, 0.1) is 18.7 Å². The van der Waals surface area contributed by atoms with Crippen LogP contribution in [0.1, 0.15) is 37.1 Å². The van der Waals surface area contributed by atoms with Crippen molar-refractivity contribution in [2.24, 2.45) is 13.0 Å². The van der Waals surface area contributed by atoms with Crippen LogP contribution < -0.4 is 4.74 Å². The van der Waals surface area contributed by atoms with Crippen LogP contribution in [0.25, 0.3) is 33.2 Å². The van der Waals surface area contributed by atoms with Crippen LogP contribution in [-0.4, -0.2) is 64.7 Å². The molecule has 9 nitrogen and oxygen atoms in total. The van der Waals surface area contributed by atoms with Crippen molar-refractivity contribution >= 4 is 31.8 Å². The van der Waals surface area contributed by atoms with Gasteiger partial charge in [-0.15, -0.1) is 0 Å². The summed E-state index contributed by atoms with van der Waals surface area (Å²) < 4.78 is 85.1. The lowest BCUT2D eigenvalue weighted by atomic mass is 9.88. The Labute approximate surface area is 252 Å². The summed E-state index contributed by atoms with van der Waals surface area (Å²) in [6.45, 7) is 2.59. The van der Waals surface area contributed by atoms with Gasteiger partial charge < -0.3 is 14.0 Å². The molecular formula is C31H32F3N5O4S. The highest BCUT2D eigenvalue weighted by Gasteiger charge is 2.36. The van der Waals surface area contributed by atoms with Gasteiger partial charge in [0.05, 0.1) is 50.5 Å². The van der Waals surface area contributed by atoms with Gasteiger partial charge in [-0.05, 0) is 61.6 Å². The summed E-state index contributed by atoms with van der Waals surface area (Å²) in [6, 6.07) is 6.60. The van der Waals surface area contributed by atoms with Crippen LogP contribution in [0.2, 0.25) is 0 Å². The largest absolute Gasteiger partial charge is 0.487 e. The number of hydrogen-bond donors (Lipinski definition) is 0. The highest BCUT2D eigenvalue weighted by atomic mass is 32.2. The topological polar surface area (TPSA) is 101 Å². The smallest absolute Gasteiger partial charge is 0.278 e. The number of aryl methyl sites for hydroxylation is 2. The average Bonchev–Trinajstić information content (AvgIpc) is 3.48. The quantitative estimate of drug-likeness (QED) is 0.212. The van der Waals surface area contributed by atoms with Crippen LogP contribution in [0.3, 0.4) is 0 Å². The van der Waals surface area contributed by atoms with Crippen LogP contribution in [0.4, 0.5) is 13.2 Å². The predicted octanol–water partition coefficient (Wildman–Crippen LogP) is 5.89. The molecule has 0 spiro atoms. The first kappa shape index (κ1) is 30.1. The Hall–Kier alpha value is -3.97. The second kappa shape index (κ2) is 11.2. The summed E-state index contributed by atoms with van der Waals surface area (Å²) in [6.07, 6.45) is 7.04. The van der Waals surface area contributed by atoms with E-state index < -0.39 is 34.2 Å². The Kier molecular flexibility index (Phi) is 7.65. The Morgan fingerprint density at radius 1 is 1.16 bits per heavy atom. The fourth-order valence-electron chi connectivity index (χ4n) is 6.18. The lowest BCUT2D eigenvalue weighted by Crippen LogP contribution is -2.28. The van der Waals surface area contributed by atoms with Crippen molar-refractivity contribution in [2.45, 2.75) is 43.5 Å². The van der Waals surface area contributed by atoms with Crippen LogP contribution in [-0.2, 0) is 21.6 Å². The standard InChI is InChI=1S/C31H32F3N5O4S/c1-18-15-37-38(3)28(18)20-14-22-27(36-16-20)25-23(43-17-31(2,33)34)7-8-24(44(4,40)41)30(25)39(22)29(19-9-12-42-13-10-19)26-21(32)6-5-11-35-26/h5-8,11,14-16,19,29H,9-10,12-13,17H2,1-4H3. The first-order valence-electron chi connectivity index (χ1n) is 14.2. The van der Waals surface area contributed by atoms with Crippen LogP contribution >= 0.6 is 0 Å². The van der Waals surface area contributed by atoms with E-state index in [0.29, 0.717) is 42.7 Å². The molecule has 1 saturated heterocycles. The van der Waals surface area contributed by atoms with Gasteiger partial charge in [-0.25, -0.2) is 21.6 Å². The molecule has 1 aliphatic heterocycles. The van der Waals surface area contributed by atoms with E-state index in [1.54, 1.807) is 28.7 Å². The highest BCUT2D eigenvalue weighted by molar-refractivity contribution is 7.91. The summed E-state index contributed by atoms with van der Waals surface area (Å²) in [7, 11) is -2.09. The molecule has 44 heavy (non-hydrogen) atoms. The molecule has 232 valence electrons. The van der Waals surface area contributed by atoms with Gasteiger partial charge in [0.2, 0.25) is 0 Å². The van der Waals surface area contributed by atoms with Crippen molar-refractivity contribution in [3.8, 4) is 17.0 Å². The number of pyridine rings is 2. The van der Waals surface area contributed by atoms with Gasteiger partial charge in [-0.1, -0.05) is 0 Å². The molecule has 1 unspecified atom stereocenters. The zero-order valence-electron chi connectivity index (χ0n) is 24.7. The molecule has 0 radical (unpaired) electrons. The van der Waals surface area contributed by atoms with Crippen LogP contribution in [0.5, 0.6) is 5.75 Å². The first-order chi connectivity index (χ1) is 20.8. The molecule has 1 aromatic carbocycles. The minimum Gasteiger partial charge on any atom is -0.487 e. The monoisotopic (exact) mass is 627 g/mol. The maximum absolute atomic E-state index is 15.7. The number of aromatic nitrogens is 5. The number of sulfone groups is 1. The van der Waals surface area contributed by atoms with Crippen LogP contribution in [0.15, 0.2) is 53.8 Å². The number of fused-ring (bicyclic) bond motifs is 3. The lowest BCUT2D eigenvalue weighted by Gasteiger charge is -2.32. The third-order valence-corrected chi connectivity index (χ3v) is 9.17. The predicted molar refractivity (Wildman–Crippen MR) is 159 cm³/mol. The maximum atomic E-state index is 15.7. The minimum atomic E-state index is -3.89. The fraction of sp³-hybridized carbons (Fsp3) is 0.387. The van der Waals surface area contributed by atoms with Gasteiger partial charge in [0.1, 0.15) is 11.6 Å². The number of halogens is 3. The fourth-order valence-corrected chi connectivity index (χ4v) is 7.05. The Morgan fingerprint density at radius 2 is 1.91 bits per heavy atom. The lowest BCUT2D eigenvalue weighted by molar-refractivity contribution is -0.0225. The van der Waals surface area contributed by atoms with Gasteiger partial charge in [0.15, 0.2) is 16.4 Å². The normalized spacial score (nSPS) is 15.7. The van der Waals surface area contributed by atoms with E-state index in [9.17, 15) is 17.2 Å². The number of alkyl halides is 2. The zero-order chi connectivity index (χ0) is 31.4. The van der Waals surface area contributed by atoms with E-state index in [1.165, 1.54) is 30.5 Å². The van der Waals surface area contributed by atoms with Gasteiger partial charge in [0, 0.05) is 51.4 Å². The molecule has 0 saturated carbocycles. The molecule has 0 aliphatic carbocycles. The summed E-state index contributed by atoms with van der Waals surface area (Å²) in [5.41, 5.74) is 3.49. The number of benzene rings is 1. The number of ether oxygens (including phenoxy) is 2. The van der Waals surface area contributed by atoms with Crippen molar-refractivity contribution in [3.63, 3.8) is 0 Å². The second-order valence-electron chi connectivity index (χ2n) is 11.4. The molecule has 1 aliphatic rings. The first-order valence-corrected chi connectivity index (χ1v) is 16.1. The summed E-state index contributed by atoms with van der Waals surface area (Å²) in [5, 5.41) is 4.60. The third kappa shape index (κ3) is 5.43. The molecule has 5 heterocycles. The number of nitrogens with zero attached hydrogens (tertiary/aromatic N) is 5. The summed E-state index contributed by atoms with van der Waals surface area (Å²) in [4.78, 5) is 9.17. The molecule has 1 fully saturated rings. The number of hydrogen-bond acceptors (Lipinski definition) is 7. The number of rotatable bonds is 8. The molecular weight excluding hydrogens is 595 g/mol. The second-order valence-corrected chi connectivity index (χ2v) is 13.4.